The average molecular weight is 352 g/mol. The van der Waals surface area contributed by atoms with Gasteiger partial charge in [-0.15, -0.1) is 24.8 Å². The summed E-state index contributed by atoms with van der Waals surface area (Å²) in [4.78, 5) is 0. The van der Waals surface area contributed by atoms with Crippen LogP contribution in [0.25, 0.3) is 21.8 Å². The van der Waals surface area contributed by atoms with Gasteiger partial charge in [0.1, 0.15) is 0 Å². The van der Waals surface area contributed by atoms with Crippen LogP contribution in [0.15, 0.2) is 36.4 Å². The van der Waals surface area contributed by atoms with Gasteiger partial charge in [0.2, 0.25) is 0 Å². The molecule has 0 amide bonds. The number of hydrogen-bond donors (Lipinski definition) is 2. The Hall–Kier alpha value is -1.58. The average Bonchev–Trinajstić information content (AvgIpc) is 3.07. The third-order valence-electron chi connectivity index (χ3n) is 4.83. The largest absolute Gasteiger partial charge is 0.399 e. The Morgan fingerprint density at radius 2 is 1.30 bits per heavy atom. The van der Waals surface area contributed by atoms with Crippen LogP contribution in [0.1, 0.15) is 25.7 Å². The monoisotopic (exact) mass is 351 g/mol. The Bertz CT molecular complexity index is 761. The molecule has 1 fully saturated rings. The Kier molecular flexibility index (Phi) is 5.33. The van der Waals surface area contributed by atoms with Crippen molar-refractivity contribution in [1.82, 2.24) is 4.57 Å². The molecule has 1 aliphatic carbocycles. The number of hydrogen-bond acceptors (Lipinski definition) is 2. The van der Waals surface area contributed by atoms with Gasteiger partial charge in [0.15, 0.2) is 0 Å². The van der Waals surface area contributed by atoms with Crippen molar-refractivity contribution in [2.75, 3.05) is 11.5 Å². The van der Waals surface area contributed by atoms with E-state index in [1.165, 1.54) is 47.5 Å². The minimum absolute atomic E-state index is 0. The lowest BCUT2D eigenvalue weighted by molar-refractivity contribution is 0.473. The van der Waals surface area contributed by atoms with E-state index in [0.717, 1.165) is 23.8 Å². The molecule has 5 heteroatoms. The van der Waals surface area contributed by atoms with Gasteiger partial charge in [-0.1, -0.05) is 25.0 Å². The number of nitrogens with two attached hydrogens (primary N) is 2. The van der Waals surface area contributed by atoms with Crippen molar-refractivity contribution in [2.24, 2.45) is 5.92 Å². The first-order valence-electron chi connectivity index (χ1n) is 7.79. The molecule has 1 aliphatic rings. The Labute approximate surface area is 148 Å². The number of nitrogens with zero attached hydrogens (tertiary/aromatic N) is 1. The summed E-state index contributed by atoms with van der Waals surface area (Å²) in [6, 6.07) is 12.4. The number of aromatic nitrogens is 1. The quantitative estimate of drug-likeness (QED) is 0.638. The molecule has 0 aliphatic heterocycles. The zero-order valence-corrected chi connectivity index (χ0v) is 14.6. The molecular weight excluding hydrogens is 329 g/mol. The minimum Gasteiger partial charge on any atom is -0.399 e. The SMILES string of the molecule is Cl.Cl.Nc1ccc2c3ccc(N)cc3n(CC3CCCC3)c2c1. The molecule has 0 atom stereocenters. The molecular formula is C18H23Cl2N3. The fourth-order valence-electron chi connectivity index (χ4n) is 3.78. The normalized spacial score (nSPS) is 14.8. The third-order valence-corrected chi connectivity index (χ3v) is 4.83. The van der Waals surface area contributed by atoms with E-state index in [2.05, 4.69) is 28.8 Å². The van der Waals surface area contributed by atoms with E-state index in [0.29, 0.717) is 0 Å². The van der Waals surface area contributed by atoms with Crippen molar-refractivity contribution in [3.63, 3.8) is 0 Å². The van der Waals surface area contributed by atoms with Gasteiger partial charge >= 0.3 is 0 Å². The summed E-state index contributed by atoms with van der Waals surface area (Å²) in [6.45, 7) is 1.08. The first kappa shape index (κ1) is 17.8. The van der Waals surface area contributed by atoms with Crippen molar-refractivity contribution in [1.29, 1.82) is 0 Å². The molecule has 23 heavy (non-hydrogen) atoms. The summed E-state index contributed by atoms with van der Waals surface area (Å²) in [5.41, 5.74) is 16.2. The number of fused-ring (bicyclic) bond motifs is 3. The maximum atomic E-state index is 6.01. The summed E-state index contributed by atoms with van der Waals surface area (Å²) in [5, 5.41) is 2.55. The van der Waals surface area contributed by atoms with Crippen molar-refractivity contribution in [3.05, 3.63) is 36.4 Å². The smallest absolute Gasteiger partial charge is 0.0512 e. The molecule has 2 aromatic carbocycles. The third kappa shape index (κ3) is 3.08. The molecule has 0 bridgehead atoms. The van der Waals surface area contributed by atoms with Crippen molar-refractivity contribution in [2.45, 2.75) is 32.2 Å². The molecule has 1 aromatic heterocycles. The predicted molar refractivity (Wildman–Crippen MR) is 105 cm³/mol. The highest BCUT2D eigenvalue weighted by Crippen LogP contribution is 2.34. The Morgan fingerprint density at radius 1 is 0.826 bits per heavy atom. The van der Waals surface area contributed by atoms with Crippen LogP contribution in [0.2, 0.25) is 0 Å². The number of nitrogen functional groups attached to an aromatic ring is 2. The second-order valence-corrected chi connectivity index (χ2v) is 6.31. The van der Waals surface area contributed by atoms with Crippen LogP contribution in [-0.2, 0) is 6.54 Å². The van der Waals surface area contributed by atoms with Crippen LogP contribution in [0.3, 0.4) is 0 Å². The van der Waals surface area contributed by atoms with Gasteiger partial charge < -0.3 is 16.0 Å². The molecule has 3 aromatic rings. The van der Waals surface area contributed by atoms with Gasteiger partial charge in [-0.3, -0.25) is 0 Å². The number of anilines is 2. The number of benzene rings is 2. The van der Waals surface area contributed by atoms with E-state index < -0.39 is 0 Å². The van der Waals surface area contributed by atoms with Gasteiger partial charge in [0, 0.05) is 28.7 Å². The Balaban J connectivity index is 0.000000960. The fraction of sp³-hybridized carbons (Fsp3) is 0.333. The van der Waals surface area contributed by atoms with Gasteiger partial charge in [0.25, 0.3) is 0 Å². The lowest BCUT2D eigenvalue weighted by Gasteiger charge is -2.13. The van der Waals surface area contributed by atoms with Crippen LogP contribution in [-0.4, -0.2) is 4.57 Å². The van der Waals surface area contributed by atoms with Crippen LogP contribution in [0, 0.1) is 5.92 Å². The van der Waals surface area contributed by atoms with E-state index >= 15 is 0 Å². The summed E-state index contributed by atoms with van der Waals surface area (Å²) in [7, 11) is 0. The molecule has 4 rings (SSSR count). The van der Waals surface area contributed by atoms with Gasteiger partial charge in [-0.05, 0) is 43.0 Å². The van der Waals surface area contributed by atoms with Crippen LogP contribution >= 0.6 is 24.8 Å². The Morgan fingerprint density at radius 3 is 1.78 bits per heavy atom. The molecule has 0 saturated heterocycles. The standard InChI is InChI=1S/C18H21N3.2ClH/c19-13-5-7-15-16-8-6-14(20)10-18(16)21(17(15)9-13)11-12-3-1-2-4-12;;/h5-10,12H,1-4,11,19-20H2;2*1H. The molecule has 3 nitrogen and oxygen atoms in total. The van der Waals surface area contributed by atoms with E-state index in [1.54, 1.807) is 0 Å². The second kappa shape index (κ2) is 6.90. The second-order valence-electron chi connectivity index (χ2n) is 6.31. The van der Waals surface area contributed by atoms with Crippen molar-refractivity contribution in [3.8, 4) is 0 Å². The molecule has 0 radical (unpaired) electrons. The summed E-state index contributed by atoms with van der Waals surface area (Å²) < 4.78 is 2.42. The van der Waals surface area contributed by atoms with E-state index in [9.17, 15) is 0 Å². The molecule has 0 spiro atoms. The maximum absolute atomic E-state index is 6.01. The van der Waals surface area contributed by atoms with Crippen molar-refractivity contribution >= 4 is 58.0 Å². The number of halogens is 2. The highest BCUT2D eigenvalue weighted by molar-refractivity contribution is 6.09. The van der Waals surface area contributed by atoms with Gasteiger partial charge in [0.05, 0.1) is 11.0 Å². The zero-order chi connectivity index (χ0) is 14.4. The summed E-state index contributed by atoms with van der Waals surface area (Å²) >= 11 is 0. The van der Waals surface area contributed by atoms with Crippen LogP contribution < -0.4 is 11.5 Å². The maximum Gasteiger partial charge on any atom is 0.0512 e. The van der Waals surface area contributed by atoms with Gasteiger partial charge in [-0.25, -0.2) is 0 Å². The predicted octanol–water partition coefficient (Wildman–Crippen LogP) is 4.99. The lowest BCUT2D eigenvalue weighted by Crippen LogP contribution is -2.07. The van der Waals surface area contributed by atoms with E-state index in [4.69, 9.17) is 11.5 Å². The fourth-order valence-corrected chi connectivity index (χ4v) is 3.78. The molecule has 1 heterocycles. The zero-order valence-electron chi connectivity index (χ0n) is 13.0. The van der Waals surface area contributed by atoms with Crippen LogP contribution in [0.4, 0.5) is 11.4 Å². The molecule has 124 valence electrons. The summed E-state index contributed by atoms with van der Waals surface area (Å²) in [5.74, 6) is 0.784. The first-order valence-corrected chi connectivity index (χ1v) is 7.79. The lowest BCUT2D eigenvalue weighted by atomic mass is 10.1. The minimum atomic E-state index is 0. The highest BCUT2D eigenvalue weighted by Gasteiger charge is 2.18. The summed E-state index contributed by atoms with van der Waals surface area (Å²) in [6.07, 6.45) is 5.41. The van der Waals surface area contributed by atoms with Crippen LogP contribution in [0.5, 0.6) is 0 Å². The van der Waals surface area contributed by atoms with Crippen molar-refractivity contribution < 1.29 is 0 Å². The first-order chi connectivity index (χ1) is 10.2. The van der Waals surface area contributed by atoms with E-state index in [1.807, 2.05) is 12.1 Å². The molecule has 4 N–H and O–H groups in total. The molecule has 1 saturated carbocycles. The molecule has 0 unspecified atom stereocenters. The number of rotatable bonds is 2. The topological polar surface area (TPSA) is 57.0 Å². The van der Waals surface area contributed by atoms with E-state index in [-0.39, 0.29) is 24.8 Å². The van der Waals surface area contributed by atoms with Gasteiger partial charge in [-0.2, -0.15) is 0 Å². The highest BCUT2D eigenvalue weighted by atomic mass is 35.5.